The van der Waals surface area contributed by atoms with E-state index in [0.29, 0.717) is 5.52 Å². The van der Waals surface area contributed by atoms with Crippen molar-refractivity contribution in [3.63, 3.8) is 0 Å². The molecule has 1 aromatic heterocycles. The van der Waals surface area contributed by atoms with Gasteiger partial charge in [-0.15, -0.1) is 0 Å². The zero-order chi connectivity index (χ0) is 15.2. The van der Waals surface area contributed by atoms with Gasteiger partial charge in [0.1, 0.15) is 11.3 Å². The van der Waals surface area contributed by atoms with Crippen LogP contribution in [0.4, 0.5) is 5.69 Å². The average molecular weight is 287 g/mol. The van der Waals surface area contributed by atoms with Gasteiger partial charge in [-0.25, -0.2) is 4.98 Å². The van der Waals surface area contributed by atoms with Crippen molar-refractivity contribution in [3.8, 4) is 5.75 Å². The number of benzene rings is 1. The molecule has 0 saturated carbocycles. The third-order valence-corrected chi connectivity index (χ3v) is 3.81. The molecule has 114 valence electrons. The third-order valence-electron chi connectivity index (χ3n) is 3.81. The van der Waals surface area contributed by atoms with Crippen LogP contribution in [0.15, 0.2) is 24.3 Å². The first kappa shape index (κ1) is 15.6. The van der Waals surface area contributed by atoms with Crippen LogP contribution in [0, 0.1) is 6.92 Å². The van der Waals surface area contributed by atoms with Gasteiger partial charge >= 0.3 is 0 Å². The van der Waals surface area contributed by atoms with E-state index in [1.807, 2.05) is 25.1 Å². The molecule has 4 heteroatoms. The summed E-state index contributed by atoms with van der Waals surface area (Å²) in [5.74, 6) is 0.244. The molecule has 0 saturated heterocycles. The van der Waals surface area contributed by atoms with Gasteiger partial charge in [-0.3, -0.25) is 0 Å². The molecule has 0 atom stereocenters. The van der Waals surface area contributed by atoms with Crippen LogP contribution in [-0.4, -0.2) is 30.2 Å². The minimum absolute atomic E-state index is 0.244. The Kier molecular flexibility index (Phi) is 5.39. The molecule has 3 N–H and O–H groups in total. The number of phenols is 1. The van der Waals surface area contributed by atoms with Crippen molar-refractivity contribution in [1.29, 1.82) is 0 Å². The Bertz CT molecular complexity index is 598. The maximum absolute atomic E-state index is 9.98. The molecular formula is C17H25N3O. The number of aromatic hydroxyl groups is 1. The molecule has 2 rings (SSSR count). The summed E-state index contributed by atoms with van der Waals surface area (Å²) in [6.45, 7) is 3.72. The maximum Gasteiger partial charge on any atom is 0.141 e. The number of hydrogen-bond donors (Lipinski definition) is 2. The molecule has 1 heterocycles. The van der Waals surface area contributed by atoms with Gasteiger partial charge in [-0.1, -0.05) is 12.8 Å². The van der Waals surface area contributed by atoms with Crippen molar-refractivity contribution in [3.05, 3.63) is 30.0 Å². The molecular weight excluding hydrogens is 262 g/mol. The summed E-state index contributed by atoms with van der Waals surface area (Å²) in [6.07, 6.45) is 4.66. The number of phenolic OH excluding ortho intramolecular Hbond substituents is 1. The minimum atomic E-state index is 0.244. The summed E-state index contributed by atoms with van der Waals surface area (Å²) in [6, 6.07) is 7.72. The third kappa shape index (κ3) is 3.85. The molecule has 0 aliphatic heterocycles. The van der Waals surface area contributed by atoms with Crippen molar-refractivity contribution in [2.45, 2.75) is 32.6 Å². The lowest BCUT2D eigenvalue weighted by Crippen LogP contribution is -2.18. The van der Waals surface area contributed by atoms with Crippen molar-refractivity contribution in [1.82, 2.24) is 4.98 Å². The van der Waals surface area contributed by atoms with Crippen LogP contribution < -0.4 is 10.6 Å². The van der Waals surface area contributed by atoms with Crippen molar-refractivity contribution >= 4 is 16.6 Å². The number of aromatic nitrogens is 1. The molecule has 4 nitrogen and oxygen atoms in total. The van der Waals surface area contributed by atoms with Crippen LogP contribution in [0.25, 0.3) is 10.9 Å². The molecule has 0 amide bonds. The van der Waals surface area contributed by atoms with Crippen LogP contribution >= 0.6 is 0 Å². The highest BCUT2D eigenvalue weighted by Crippen LogP contribution is 2.31. The molecule has 1 aromatic carbocycles. The second-order valence-electron chi connectivity index (χ2n) is 5.58. The van der Waals surface area contributed by atoms with Crippen LogP contribution in [0.5, 0.6) is 5.75 Å². The second-order valence-corrected chi connectivity index (χ2v) is 5.58. The van der Waals surface area contributed by atoms with Crippen molar-refractivity contribution in [2.75, 3.05) is 25.0 Å². The first-order valence-electron chi connectivity index (χ1n) is 7.64. The lowest BCUT2D eigenvalue weighted by molar-refractivity contribution is 0.480. The van der Waals surface area contributed by atoms with Crippen LogP contribution in [0.1, 0.15) is 31.4 Å². The first-order valence-corrected chi connectivity index (χ1v) is 7.64. The zero-order valence-electron chi connectivity index (χ0n) is 13.0. The molecule has 0 unspecified atom stereocenters. The van der Waals surface area contributed by atoms with E-state index in [4.69, 9.17) is 5.73 Å². The predicted octanol–water partition coefficient (Wildman–Crippen LogP) is 3.20. The highest BCUT2D eigenvalue weighted by atomic mass is 16.3. The first-order chi connectivity index (χ1) is 10.1. The van der Waals surface area contributed by atoms with Crippen LogP contribution in [-0.2, 0) is 0 Å². The quantitative estimate of drug-likeness (QED) is 0.768. The normalized spacial score (nSPS) is 11.0. The van der Waals surface area contributed by atoms with Gasteiger partial charge in [0.05, 0.1) is 0 Å². The van der Waals surface area contributed by atoms with E-state index in [9.17, 15) is 5.11 Å². The second kappa shape index (κ2) is 7.27. The highest BCUT2D eigenvalue weighted by Gasteiger charge is 2.10. The zero-order valence-corrected chi connectivity index (χ0v) is 13.0. The largest absolute Gasteiger partial charge is 0.506 e. The van der Waals surface area contributed by atoms with E-state index in [0.717, 1.165) is 42.7 Å². The number of unbranched alkanes of at least 4 members (excludes halogenated alkanes) is 3. The smallest absolute Gasteiger partial charge is 0.141 e. The number of hydrogen-bond acceptors (Lipinski definition) is 4. The SMILES string of the molecule is Cc1ccc2c(N(C)CCCCCCN)ccc(O)c2n1. The summed E-state index contributed by atoms with van der Waals surface area (Å²) in [5.41, 5.74) is 8.23. The van der Waals surface area contributed by atoms with E-state index >= 15 is 0 Å². The predicted molar refractivity (Wildman–Crippen MR) is 88.9 cm³/mol. The van der Waals surface area contributed by atoms with Crippen LogP contribution in [0.2, 0.25) is 0 Å². The van der Waals surface area contributed by atoms with Gasteiger partial charge in [0.15, 0.2) is 0 Å². The van der Waals surface area contributed by atoms with E-state index in [2.05, 4.69) is 16.9 Å². The molecule has 2 aromatic rings. The molecule has 0 fully saturated rings. The number of rotatable bonds is 7. The summed E-state index contributed by atoms with van der Waals surface area (Å²) in [4.78, 5) is 6.69. The summed E-state index contributed by atoms with van der Waals surface area (Å²) >= 11 is 0. The van der Waals surface area contributed by atoms with E-state index < -0.39 is 0 Å². The Morgan fingerprint density at radius 1 is 1.10 bits per heavy atom. The van der Waals surface area contributed by atoms with E-state index in [1.165, 1.54) is 12.8 Å². The molecule has 0 spiro atoms. The average Bonchev–Trinajstić information content (AvgIpc) is 2.48. The fourth-order valence-electron chi connectivity index (χ4n) is 2.59. The Morgan fingerprint density at radius 2 is 1.86 bits per heavy atom. The Hall–Kier alpha value is -1.81. The summed E-state index contributed by atoms with van der Waals surface area (Å²) in [7, 11) is 2.09. The number of fused-ring (bicyclic) bond motifs is 1. The number of nitrogens with zero attached hydrogens (tertiary/aromatic N) is 2. The molecule has 0 radical (unpaired) electrons. The van der Waals surface area contributed by atoms with Gasteiger partial charge in [0, 0.05) is 30.4 Å². The molecule has 0 aliphatic rings. The van der Waals surface area contributed by atoms with Gasteiger partial charge in [-0.05, 0) is 50.6 Å². The van der Waals surface area contributed by atoms with E-state index in [-0.39, 0.29) is 5.75 Å². The number of nitrogens with two attached hydrogens (primary N) is 1. The standard InChI is InChI=1S/C17H25N3O/c1-13-7-8-14-15(9-10-16(21)17(14)19-13)20(2)12-6-4-3-5-11-18/h7-10,21H,3-6,11-12,18H2,1-2H3. The minimum Gasteiger partial charge on any atom is -0.506 e. The lowest BCUT2D eigenvalue weighted by atomic mass is 10.1. The Balaban J connectivity index is 2.12. The van der Waals surface area contributed by atoms with Crippen molar-refractivity contribution < 1.29 is 5.11 Å². The van der Waals surface area contributed by atoms with Crippen LogP contribution in [0.3, 0.4) is 0 Å². The summed E-state index contributed by atoms with van der Waals surface area (Å²) < 4.78 is 0. The lowest BCUT2D eigenvalue weighted by Gasteiger charge is -2.21. The fourth-order valence-corrected chi connectivity index (χ4v) is 2.59. The molecule has 0 aliphatic carbocycles. The molecule has 0 bridgehead atoms. The molecule has 21 heavy (non-hydrogen) atoms. The Morgan fingerprint density at radius 3 is 2.62 bits per heavy atom. The maximum atomic E-state index is 9.98. The van der Waals surface area contributed by atoms with Crippen molar-refractivity contribution in [2.24, 2.45) is 5.73 Å². The topological polar surface area (TPSA) is 62.4 Å². The fraction of sp³-hybridized carbons (Fsp3) is 0.471. The number of pyridine rings is 1. The number of aryl methyl sites for hydroxylation is 1. The van der Waals surface area contributed by atoms with Gasteiger partial charge in [-0.2, -0.15) is 0 Å². The monoisotopic (exact) mass is 287 g/mol. The van der Waals surface area contributed by atoms with Gasteiger partial charge in [0.2, 0.25) is 0 Å². The van der Waals surface area contributed by atoms with Gasteiger partial charge in [0.25, 0.3) is 0 Å². The number of anilines is 1. The highest BCUT2D eigenvalue weighted by molar-refractivity contribution is 5.95. The van der Waals surface area contributed by atoms with Gasteiger partial charge < -0.3 is 15.7 Å². The van der Waals surface area contributed by atoms with E-state index in [1.54, 1.807) is 6.07 Å². The Labute approximate surface area is 126 Å². The summed E-state index contributed by atoms with van der Waals surface area (Å²) in [5, 5.41) is 11.0.